The summed E-state index contributed by atoms with van der Waals surface area (Å²) in [5.74, 6) is 5.54. The molecule has 0 aliphatic heterocycles. The van der Waals surface area contributed by atoms with Gasteiger partial charge in [0, 0.05) is 6.07 Å². The van der Waals surface area contributed by atoms with Gasteiger partial charge in [0.15, 0.2) is 5.78 Å². The summed E-state index contributed by atoms with van der Waals surface area (Å²) in [6.07, 6.45) is 10.2. The maximum atomic E-state index is 11.3. The third kappa shape index (κ3) is 3.59. The van der Waals surface area contributed by atoms with Crippen LogP contribution in [0.15, 0.2) is 18.2 Å². The summed E-state index contributed by atoms with van der Waals surface area (Å²) in [4.78, 5) is 11.3. The van der Waals surface area contributed by atoms with Gasteiger partial charge in [0.1, 0.15) is 24.7 Å². The van der Waals surface area contributed by atoms with Crippen molar-refractivity contribution in [2.45, 2.75) is 6.92 Å². The third-order valence-corrected chi connectivity index (χ3v) is 1.97. The summed E-state index contributed by atoms with van der Waals surface area (Å²) in [5.41, 5.74) is 0.466. The van der Waals surface area contributed by atoms with E-state index in [0.717, 1.165) is 0 Å². The number of hydrogen-bond acceptors (Lipinski definition) is 3. The van der Waals surface area contributed by atoms with Crippen LogP contribution in [0.1, 0.15) is 17.3 Å². The number of ether oxygens (including phenoxy) is 2. The lowest BCUT2D eigenvalue weighted by Gasteiger charge is -2.09. The summed E-state index contributed by atoms with van der Waals surface area (Å²) >= 11 is 0. The lowest BCUT2D eigenvalue weighted by atomic mass is 10.1. The van der Waals surface area contributed by atoms with Crippen molar-refractivity contribution >= 4 is 5.78 Å². The summed E-state index contributed by atoms with van der Waals surface area (Å²) in [7, 11) is 0. The number of terminal acetylenes is 2. The van der Waals surface area contributed by atoms with Crippen LogP contribution < -0.4 is 9.47 Å². The van der Waals surface area contributed by atoms with E-state index in [2.05, 4.69) is 11.8 Å². The van der Waals surface area contributed by atoms with Crippen LogP contribution in [0.5, 0.6) is 11.5 Å². The quantitative estimate of drug-likeness (QED) is 0.570. The smallest absolute Gasteiger partial charge is 0.163 e. The van der Waals surface area contributed by atoms with Crippen molar-refractivity contribution in [3.05, 3.63) is 23.8 Å². The summed E-state index contributed by atoms with van der Waals surface area (Å²) in [6.45, 7) is 1.72. The van der Waals surface area contributed by atoms with Crippen molar-refractivity contribution in [3.63, 3.8) is 0 Å². The molecule has 86 valence electrons. The molecular formula is C14H12O3. The number of carbonyl (C=O) groups is 1. The molecule has 0 N–H and O–H groups in total. The molecule has 0 radical (unpaired) electrons. The number of hydrogen-bond donors (Lipinski definition) is 0. The molecule has 0 atom stereocenters. The largest absolute Gasteiger partial charge is 0.481 e. The number of rotatable bonds is 5. The minimum atomic E-state index is -0.0967. The van der Waals surface area contributed by atoms with E-state index < -0.39 is 0 Å². The fourth-order valence-corrected chi connectivity index (χ4v) is 1.25. The van der Waals surface area contributed by atoms with Crippen LogP contribution in [-0.4, -0.2) is 19.0 Å². The van der Waals surface area contributed by atoms with E-state index in [9.17, 15) is 4.79 Å². The zero-order valence-corrected chi connectivity index (χ0v) is 9.53. The van der Waals surface area contributed by atoms with E-state index in [-0.39, 0.29) is 19.0 Å². The van der Waals surface area contributed by atoms with Crippen LogP contribution in [0.2, 0.25) is 0 Å². The Labute approximate surface area is 101 Å². The Bertz CT molecular complexity index is 489. The summed E-state index contributed by atoms with van der Waals surface area (Å²) < 4.78 is 10.5. The van der Waals surface area contributed by atoms with Gasteiger partial charge in [0.25, 0.3) is 0 Å². The molecule has 0 unspecified atom stereocenters. The molecule has 3 heteroatoms. The summed E-state index contributed by atoms with van der Waals surface area (Å²) in [6, 6.07) is 4.89. The van der Waals surface area contributed by atoms with Crippen LogP contribution in [0.4, 0.5) is 0 Å². The van der Waals surface area contributed by atoms with Gasteiger partial charge in [-0.1, -0.05) is 11.8 Å². The van der Waals surface area contributed by atoms with Crippen molar-refractivity contribution < 1.29 is 14.3 Å². The van der Waals surface area contributed by atoms with Gasteiger partial charge in [-0.15, -0.1) is 12.8 Å². The zero-order valence-electron chi connectivity index (χ0n) is 9.53. The van der Waals surface area contributed by atoms with Crippen molar-refractivity contribution in [2.24, 2.45) is 0 Å². The molecule has 0 aliphatic rings. The SMILES string of the molecule is C#CCOc1ccc(C(C)=O)c(OCC#C)c1. The first kappa shape index (κ1) is 12.7. The molecule has 17 heavy (non-hydrogen) atoms. The molecular weight excluding hydrogens is 216 g/mol. The van der Waals surface area contributed by atoms with E-state index >= 15 is 0 Å². The average molecular weight is 228 g/mol. The highest BCUT2D eigenvalue weighted by molar-refractivity contribution is 5.97. The maximum absolute atomic E-state index is 11.3. The second-order valence-electron chi connectivity index (χ2n) is 3.20. The molecule has 0 aromatic heterocycles. The minimum Gasteiger partial charge on any atom is -0.481 e. The van der Waals surface area contributed by atoms with Gasteiger partial charge >= 0.3 is 0 Å². The van der Waals surface area contributed by atoms with Gasteiger partial charge in [0.05, 0.1) is 5.56 Å². The van der Waals surface area contributed by atoms with E-state index in [1.165, 1.54) is 6.92 Å². The molecule has 0 fully saturated rings. The van der Waals surface area contributed by atoms with Crippen LogP contribution in [0.25, 0.3) is 0 Å². The average Bonchev–Trinajstić information content (AvgIpc) is 2.33. The first-order valence-electron chi connectivity index (χ1n) is 4.96. The number of benzene rings is 1. The van der Waals surface area contributed by atoms with Crippen LogP contribution in [0.3, 0.4) is 0 Å². The Balaban J connectivity index is 2.98. The van der Waals surface area contributed by atoms with Gasteiger partial charge < -0.3 is 9.47 Å². The van der Waals surface area contributed by atoms with Crippen LogP contribution in [0, 0.1) is 24.7 Å². The van der Waals surface area contributed by atoms with Gasteiger partial charge in [-0.05, 0) is 19.1 Å². The second kappa shape index (κ2) is 6.25. The predicted molar refractivity (Wildman–Crippen MR) is 65.1 cm³/mol. The van der Waals surface area contributed by atoms with Crippen molar-refractivity contribution in [3.8, 4) is 36.2 Å². The molecule has 0 heterocycles. The molecule has 3 nitrogen and oxygen atoms in total. The van der Waals surface area contributed by atoms with Gasteiger partial charge in [-0.2, -0.15) is 0 Å². The van der Waals surface area contributed by atoms with E-state index in [1.807, 2.05) is 0 Å². The first-order valence-corrected chi connectivity index (χ1v) is 4.96. The monoisotopic (exact) mass is 228 g/mol. The van der Waals surface area contributed by atoms with Gasteiger partial charge in [-0.25, -0.2) is 0 Å². The van der Waals surface area contributed by atoms with E-state index in [1.54, 1.807) is 18.2 Å². The Morgan fingerprint density at radius 1 is 1.24 bits per heavy atom. The Kier molecular flexibility index (Phi) is 4.66. The normalized spacial score (nSPS) is 8.88. The highest BCUT2D eigenvalue weighted by Gasteiger charge is 2.09. The van der Waals surface area contributed by atoms with E-state index in [4.69, 9.17) is 22.3 Å². The molecule has 0 spiro atoms. The fourth-order valence-electron chi connectivity index (χ4n) is 1.25. The van der Waals surface area contributed by atoms with Crippen LogP contribution >= 0.6 is 0 Å². The molecule has 0 amide bonds. The molecule has 1 aromatic rings. The second-order valence-corrected chi connectivity index (χ2v) is 3.20. The lowest BCUT2D eigenvalue weighted by Crippen LogP contribution is -2.02. The highest BCUT2D eigenvalue weighted by Crippen LogP contribution is 2.25. The van der Waals surface area contributed by atoms with Crippen molar-refractivity contribution in [2.75, 3.05) is 13.2 Å². The molecule has 1 rings (SSSR count). The Morgan fingerprint density at radius 3 is 2.47 bits per heavy atom. The fraction of sp³-hybridized carbons (Fsp3) is 0.214. The first-order chi connectivity index (χ1) is 8.19. The zero-order chi connectivity index (χ0) is 12.7. The van der Waals surface area contributed by atoms with Crippen molar-refractivity contribution in [1.82, 2.24) is 0 Å². The molecule has 0 bridgehead atoms. The number of carbonyl (C=O) groups excluding carboxylic acids is 1. The third-order valence-electron chi connectivity index (χ3n) is 1.97. The summed E-state index contributed by atoms with van der Waals surface area (Å²) in [5, 5.41) is 0. The molecule has 1 aromatic carbocycles. The van der Waals surface area contributed by atoms with E-state index in [0.29, 0.717) is 17.1 Å². The molecule has 0 saturated carbocycles. The minimum absolute atomic E-state index is 0.0961. The lowest BCUT2D eigenvalue weighted by molar-refractivity contribution is 0.101. The molecule has 0 aliphatic carbocycles. The number of Topliss-reactive ketones (excluding diaryl/α,β-unsaturated/α-hetero) is 1. The topological polar surface area (TPSA) is 35.5 Å². The predicted octanol–water partition coefficient (Wildman–Crippen LogP) is 1.91. The standard InChI is InChI=1S/C14H12O3/c1-4-8-16-12-6-7-13(11(3)15)14(10-12)17-9-5-2/h1-2,6-7,10H,8-9H2,3H3. The molecule has 0 saturated heterocycles. The Hall–Kier alpha value is -2.39. The van der Waals surface area contributed by atoms with Gasteiger partial charge in [-0.3, -0.25) is 4.79 Å². The Morgan fingerprint density at radius 2 is 1.88 bits per heavy atom. The number of ketones is 1. The van der Waals surface area contributed by atoms with Gasteiger partial charge in [0.2, 0.25) is 0 Å². The van der Waals surface area contributed by atoms with Crippen LogP contribution in [-0.2, 0) is 0 Å². The maximum Gasteiger partial charge on any atom is 0.163 e. The van der Waals surface area contributed by atoms with Crippen molar-refractivity contribution in [1.29, 1.82) is 0 Å². The highest BCUT2D eigenvalue weighted by atomic mass is 16.5.